The minimum Gasteiger partial charge on any atom is -0.406 e. The number of piperazine rings is 1. The van der Waals surface area contributed by atoms with Gasteiger partial charge in [-0.1, -0.05) is 24.3 Å². The second kappa shape index (κ2) is 7.30. The van der Waals surface area contributed by atoms with Crippen molar-refractivity contribution in [3.63, 3.8) is 0 Å². The molecule has 0 radical (unpaired) electrons. The first-order valence-corrected chi connectivity index (χ1v) is 10.4. The summed E-state index contributed by atoms with van der Waals surface area (Å²) in [5.74, 6) is -0.397. The summed E-state index contributed by atoms with van der Waals surface area (Å²) in [5.41, 5.74) is 6.33. The molecule has 0 amide bonds. The van der Waals surface area contributed by atoms with Crippen molar-refractivity contribution in [1.29, 1.82) is 0 Å². The smallest absolute Gasteiger partial charge is 0.406 e. The van der Waals surface area contributed by atoms with Crippen LogP contribution >= 0.6 is 11.3 Å². The van der Waals surface area contributed by atoms with E-state index in [0.717, 1.165) is 43.9 Å². The van der Waals surface area contributed by atoms with Crippen molar-refractivity contribution < 1.29 is 4.42 Å². The third-order valence-electron chi connectivity index (χ3n) is 5.33. The van der Waals surface area contributed by atoms with Crippen LogP contribution < -0.4 is 10.7 Å². The zero-order valence-electron chi connectivity index (χ0n) is 15.4. The minimum atomic E-state index is -0.397. The monoisotopic (exact) mass is 391 g/mol. The van der Waals surface area contributed by atoms with Gasteiger partial charge in [0.2, 0.25) is 0 Å². The van der Waals surface area contributed by atoms with E-state index < -0.39 is 5.76 Å². The van der Waals surface area contributed by atoms with E-state index in [1.54, 1.807) is 11.3 Å². The van der Waals surface area contributed by atoms with Gasteiger partial charge in [0.15, 0.2) is 5.58 Å². The van der Waals surface area contributed by atoms with Gasteiger partial charge >= 0.3 is 5.76 Å². The highest BCUT2D eigenvalue weighted by molar-refractivity contribution is 7.08. The van der Waals surface area contributed by atoms with E-state index in [1.807, 2.05) is 18.2 Å². The highest BCUT2D eigenvalue weighted by Gasteiger charge is 2.20. The molecule has 0 atom stereocenters. The van der Waals surface area contributed by atoms with Crippen LogP contribution in [0, 0.1) is 0 Å². The molecule has 1 aliphatic rings. The van der Waals surface area contributed by atoms with Gasteiger partial charge in [0.25, 0.3) is 0 Å². The van der Waals surface area contributed by atoms with Gasteiger partial charge in [-0.25, -0.2) is 4.79 Å². The molecule has 1 aliphatic heterocycles. The lowest BCUT2D eigenvalue weighted by atomic mass is 10.1. The van der Waals surface area contributed by atoms with Crippen molar-refractivity contribution in [3.8, 4) is 11.1 Å². The molecule has 5 nitrogen and oxygen atoms in total. The Hall–Kier alpha value is -2.83. The molecular weight excluding hydrogens is 370 g/mol. The Balaban J connectivity index is 1.27. The van der Waals surface area contributed by atoms with Crippen LogP contribution in [0.15, 0.2) is 68.5 Å². The predicted molar refractivity (Wildman–Crippen MR) is 114 cm³/mol. The number of aromatic amines is 1. The van der Waals surface area contributed by atoms with Crippen molar-refractivity contribution in [2.24, 2.45) is 0 Å². The van der Waals surface area contributed by atoms with E-state index in [1.165, 1.54) is 16.7 Å². The molecule has 2 aromatic carbocycles. The molecule has 1 fully saturated rings. The summed E-state index contributed by atoms with van der Waals surface area (Å²) < 4.78 is 5.36. The third kappa shape index (κ3) is 3.37. The van der Waals surface area contributed by atoms with Crippen LogP contribution in [0.1, 0.15) is 5.56 Å². The van der Waals surface area contributed by atoms with Crippen molar-refractivity contribution in [3.05, 3.63) is 75.4 Å². The molecule has 4 aromatic rings. The van der Waals surface area contributed by atoms with Gasteiger partial charge in [-0.2, -0.15) is 11.3 Å². The van der Waals surface area contributed by atoms with Crippen molar-refractivity contribution in [2.75, 3.05) is 31.1 Å². The topological polar surface area (TPSA) is 52.5 Å². The summed E-state index contributed by atoms with van der Waals surface area (Å²) in [6.07, 6.45) is 0. The van der Waals surface area contributed by atoms with E-state index >= 15 is 0 Å². The van der Waals surface area contributed by atoms with Crippen LogP contribution in [0.5, 0.6) is 0 Å². The number of nitrogens with zero attached hydrogens (tertiary/aromatic N) is 2. The average molecular weight is 391 g/mol. The number of H-pyrrole nitrogens is 1. The highest BCUT2D eigenvalue weighted by Crippen LogP contribution is 2.27. The van der Waals surface area contributed by atoms with E-state index in [-0.39, 0.29) is 0 Å². The average Bonchev–Trinajstić information content (AvgIpc) is 3.37. The lowest BCUT2D eigenvalue weighted by Gasteiger charge is -2.36. The summed E-state index contributed by atoms with van der Waals surface area (Å²) in [6.45, 7) is 4.74. The van der Waals surface area contributed by atoms with Crippen LogP contribution in [0.25, 0.3) is 22.2 Å². The summed E-state index contributed by atoms with van der Waals surface area (Å²) >= 11 is 1.73. The number of rotatable bonds is 4. The quantitative estimate of drug-likeness (QED) is 0.567. The van der Waals surface area contributed by atoms with E-state index in [9.17, 15) is 4.79 Å². The van der Waals surface area contributed by atoms with Gasteiger partial charge in [-0.15, -0.1) is 0 Å². The summed E-state index contributed by atoms with van der Waals surface area (Å²) in [7, 11) is 0. The maximum Gasteiger partial charge on any atom is 0.417 e. The summed E-state index contributed by atoms with van der Waals surface area (Å²) in [4.78, 5) is 19.1. The van der Waals surface area contributed by atoms with Crippen LogP contribution in [0.2, 0.25) is 0 Å². The number of nitrogens with one attached hydrogen (secondary N) is 1. The molecule has 142 valence electrons. The van der Waals surface area contributed by atoms with Crippen molar-refractivity contribution >= 4 is 28.1 Å². The molecule has 1 saturated heterocycles. The summed E-state index contributed by atoms with van der Waals surface area (Å²) in [6, 6.07) is 16.9. The Kier molecular flexibility index (Phi) is 4.50. The maximum atomic E-state index is 11.5. The molecule has 0 saturated carbocycles. The molecule has 6 heteroatoms. The molecule has 0 bridgehead atoms. The predicted octanol–water partition coefficient (Wildman–Crippen LogP) is 4.17. The van der Waals surface area contributed by atoms with Gasteiger partial charge in [0, 0.05) is 32.7 Å². The zero-order chi connectivity index (χ0) is 18.9. The van der Waals surface area contributed by atoms with Crippen LogP contribution in [-0.2, 0) is 6.54 Å². The second-order valence-corrected chi connectivity index (χ2v) is 7.92. The lowest BCUT2D eigenvalue weighted by Crippen LogP contribution is -2.46. The van der Waals surface area contributed by atoms with Crippen molar-refractivity contribution in [2.45, 2.75) is 6.54 Å². The molecule has 28 heavy (non-hydrogen) atoms. The Morgan fingerprint density at radius 2 is 1.86 bits per heavy atom. The number of hydrogen-bond donors (Lipinski definition) is 1. The van der Waals surface area contributed by atoms with Gasteiger partial charge in [0.1, 0.15) is 0 Å². The second-order valence-electron chi connectivity index (χ2n) is 7.14. The summed E-state index contributed by atoms with van der Waals surface area (Å²) in [5, 5.41) is 4.31. The molecule has 3 heterocycles. The molecule has 2 aromatic heterocycles. The fourth-order valence-electron chi connectivity index (χ4n) is 3.89. The first-order valence-electron chi connectivity index (χ1n) is 9.47. The number of hydrogen-bond acceptors (Lipinski definition) is 5. The number of oxazole rings is 1. The highest BCUT2D eigenvalue weighted by atomic mass is 32.1. The lowest BCUT2D eigenvalue weighted by molar-refractivity contribution is 0.250. The third-order valence-corrected chi connectivity index (χ3v) is 6.01. The minimum absolute atomic E-state index is 0.397. The largest absolute Gasteiger partial charge is 0.417 e. The van der Waals surface area contributed by atoms with Gasteiger partial charge in [-0.3, -0.25) is 9.88 Å². The first-order chi connectivity index (χ1) is 13.8. The number of anilines is 1. The number of aromatic nitrogens is 1. The number of fused-ring (bicyclic) bond motifs is 1. The Labute approximate surface area is 166 Å². The van der Waals surface area contributed by atoms with Crippen molar-refractivity contribution in [1.82, 2.24) is 9.88 Å². The van der Waals surface area contributed by atoms with Gasteiger partial charge in [0.05, 0.1) is 11.2 Å². The molecule has 5 rings (SSSR count). The van der Waals surface area contributed by atoms with Crippen LogP contribution in [-0.4, -0.2) is 36.1 Å². The van der Waals surface area contributed by atoms with Crippen LogP contribution in [0.3, 0.4) is 0 Å². The number of benzene rings is 2. The molecule has 1 N–H and O–H groups in total. The maximum absolute atomic E-state index is 11.5. The van der Waals surface area contributed by atoms with Crippen LogP contribution in [0.4, 0.5) is 5.69 Å². The van der Waals surface area contributed by atoms with Gasteiger partial charge in [-0.05, 0) is 51.7 Å². The first kappa shape index (κ1) is 17.3. The Morgan fingerprint density at radius 3 is 2.68 bits per heavy atom. The van der Waals surface area contributed by atoms with E-state index in [4.69, 9.17) is 4.42 Å². The molecule has 0 spiro atoms. The SMILES string of the molecule is O=c1[nH]c2cccc(N3CCN(Cc4cccc(-c5ccsc5)c4)CC3)c2o1. The van der Waals surface area contributed by atoms with E-state index in [2.05, 4.69) is 55.9 Å². The molecule has 0 aliphatic carbocycles. The molecular formula is C22H21N3O2S. The number of para-hydroxylation sites is 1. The fourth-order valence-corrected chi connectivity index (χ4v) is 4.56. The standard InChI is InChI=1S/C22H21N3O2S/c26-22-23-19-5-2-6-20(21(19)27-22)25-10-8-24(9-11-25)14-16-3-1-4-17(13-16)18-7-12-28-15-18/h1-7,12-13,15H,8-11,14H2,(H,23,26). The normalized spacial score (nSPS) is 15.4. The van der Waals surface area contributed by atoms with Gasteiger partial charge < -0.3 is 9.32 Å². The zero-order valence-corrected chi connectivity index (χ0v) is 16.2. The molecule has 0 unspecified atom stereocenters. The Morgan fingerprint density at radius 1 is 1.00 bits per heavy atom. The Bertz CT molecular complexity index is 1140. The number of thiophene rings is 1. The van der Waals surface area contributed by atoms with E-state index in [0.29, 0.717) is 5.58 Å². The fraction of sp³-hybridized carbons (Fsp3) is 0.227.